The lowest BCUT2D eigenvalue weighted by Crippen LogP contribution is -2.13. The van der Waals surface area contributed by atoms with E-state index in [2.05, 4.69) is 35.9 Å². The molecule has 0 spiro atoms. The Labute approximate surface area is 139 Å². The van der Waals surface area contributed by atoms with Crippen LogP contribution < -0.4 is 4.72 Å². The standard InChI is InChI=1S/C11H11BrN6O2S2/c1-7-10(11(15-17(7)2)18-5-13-14-6-18)16-22(19,20)9-4-3-8(12)21-9/h3-6,16H,1-2H3. The highest BCUT2D eigenvalue weighted by molar-refractivity contribution is 9.11. The number of sulfonamides is 1. The second-order valence-electron chi connectivity index (χ2n) is 4.44. The van der Waals surface area contributed by atoms with Crippen molar-refractivity contribution in [3.63, 3.8) is 0 Å². The number of nitrogens with zero attached hydrogens (tertiary/aromatic N) is 5. The van der Waals surface area contributed by atoms with E-state index in [0.29, 0.717) is 17.2 Å². The van der Waals surface area contributed by atoms with Gasteiger partial charge in [-0.2, -0.15) is 5.10 Å². The molecule has 3 heterocycles. The van der Waals surface area contributed by atoms with Gasteiger partial charge in [0.1, 0.15) is 22.6 Å². The fraction of sp³-hybridized carbons (Fsp3) is 0.182. The minimum Gasteiger partial charge on any atom is -0.273 e. The Hall–Kier alpha value is -1.72. The van der Waals surface area contributed by atoms with Gasteiger partial charge in [0, 0.05) is 7.05 Å². The molecule has 1 N–H and O–H groups in total. The molecule has 0 saturated carbocycles. The van der Waals surface area contributed by atoms with E-state index in [1.807, 2.05) is 0 Å². The predicted molar refractivity (Wildman–Crippen MR) is 85.7 cm³/mol. The Morgan fingerprint density at radius 3 is 2.55 bits per heavy atom. The van der Waals surface area contributed by atoms with Gasteiger partial charge in [0.25, 0.3) is 10.0 Å². The summed E-state index contributed by atoms with van der Waals surface area (Å²) in [7, 11) is -1.95. The van der Waals surface area contributed by atoms with E-state index in [4.69, 9.17) is 0 Å². The largest absolute Gasteiger partial charge is 0.273 e. The van der Waals surface area contributed by atoms with Gasteiger partial charge in [-0.1, -0.05) is 0 Å². The van der Waals surface area contributed by atoms with Crippen molar-refractivity contribution in [1.82, 2.24) is 24.5 Å². The molecule has 0 aliphatic carbocycles. The van der Waals surface area contributed by atoms with Gasteiger partial charge in [-0.05, 0) is 35.0 Å². The Kier molecular flexibility index (Phi) is 3.78. The third kappa shape index (κ3) is 2.66. The maximum absolute atomic E-state index is 12.5. The van der Waals surface area contributed by atoms with Crippen LogP contribution in [0.4, 0.5) is 5.69 Å². The first kappa shape index (κ1) is 15.2. The number of thiophene rings is 1. The summed E-state index contributed by atoms with van der Waals surface area (Å²) in [6.07, 6.45) is 2.92. The van der Waals surface area contributed by atoms with Crippen LogP contribution >= 0.6 is 27.3 Å². The number of hydrogen-bond acceptors (Lipinski definition) is 6. The van der Waals surface area contributed by atoms with Crippen molar-refractivity contribution < 1.29 is 8.42 Å². The quantitative estimate of drug-likeness (QED) is 0.719. The van der Waals surface area contributed by atoms with Crippen LogP contribution in [-0.4, -0.2) is 33.0 Å². The van der Waals surface area contributed by atoms with Gasteiger partial charge in [-0.15, -0.1) is 21.5 Å². The molecule has 0 amide bonds. The molecule has 22 heavy (non-hydrogen) atoms. The zero-order valence-corrected chi connectivity index (χ0v) is 14.8. The molecule has 3 aromatic heterocycles. The van der Waals surface area contributed by atoms with Crippen LogP contribution in [0.5, 0.6) is 0 Å². The average Bonchev–Trinajstić information content (AvgIpc) is 3.16. The fourth-order valence-electron chi connectivity index (χ4n) is 1.83. The van der Waals surface area contributed by atoms with Gasteiger partial charge in [-0.3, -0.25) is 14.0 Å². The minimum absolute atomic E-state index is 0.220. The summed E-state index contributed by atoms with van der Waals surface area (Å²) in [5, 5.41) is 11.7. The van der Waals surface area contributed by atoms with E-state index in [-0.39, 0.29) is 4.21 Å². The van der Waals surface area contributed by atoms with Crippen molar-refractivity contribution >= 4 is 43.0 Å². The van der Waals surface area contributed by atoms with Crippen molar-refractivity contribution in [2.45, 2.75) is 11.1 Å². The van der Waals surface area contributed by atoms with E-state index in [0.717, 1.165) is 15.1 Å². The van der Waals surface area contributed by atoms with E-state index in [9.17, 15) is 8.42 Å². The molecule has 8 nitrogen and oxygen atoms in total. The number of aromatic nitrogens is 5. The van der Waals surface area contributed by atoms with E-state index in [1.54, 1.807) is 35.4 Å². The molecule has 0 aliphatic rings. The number of anilines is 1. The Balaban J connectivity index is 2.06. The number of halogens is 1. The maximum atomic E-state index is 12.5. The molecule has 3 rings (SSSR count). The highest BCUT2D eigenvalue weighted by Crippen LogP contribution is 2.30. The maximum Gasteiger partial charge on any atom is 0.271 e. The summed E-state index contributed by atoms with van der Waals surface area (Å²) in [6.45, 7) is 1.78. The number of aryl methyl sites for hydroxylation is 1. The summed E-state index contributed by atoms with van der Waals surface area (Å²) in [5.41, 5.74) is 1.08. The van der Waals surface area contributed by atoms with E-state index >= 15 is 0 Å². The van der Waals surface area contributed by atoms with Gasteiger partial charge < -0.3 is 0 Å². The van der Waals surface area contributed by atoms with Crippen LogP contribution in [0.2, 0.25) is 0 Å². The first-order valence-corrected chi connectivity index (χ1v) is 9.14. The number of nitrogens with one attached hydrogen (secondary N) is 1. The van der Waals surface area contributed by atoms with E-state index in [1.165, 1.54) is 12.7 Å². The van der Waals surface area contributed by atoms with Gasteiger partial charge >= 0.3 is 0 Å². The minimum atomic E-state index is -3.68. The molecule has 0 saturated heterocycles. The third-order valence-corrected chi connectivity index (χ3v) is 6.49. The molecule has 0 fully saturated rings. The SMILES string of the molecule is Cc1c(NS(=O)(=O)c2ccc(Br)s2)c(-n2cnnc2)nn1C. The summed E-state index contributed by atoms with van der Waals surface area (Å²) in [6, 6.07) is 3.23. The lowest BCUT2D eigenvalue weighted by molar-refractivity contribution is 0.603. The van der Waals surface area contributed by atoms with Gasteiger partial charge in [0.15, 0.2) is 5.82 Å². The van der Waals surface area contributed by atoms with Gasteiger partial charge in [0.2, 0.25) is 0 Å². The molecule has 3 aromatic rings. The Bertz CT molecular complexity index is 913. The number of hydrogen-bond donors (Lipinski definition) is 1. The molecule has 0 radical (unpaired) electrons. The van der Waals surface area contributed by atoms with Crippen LogP contribution in [0.3, 0.4) is 0 Å². The van der Waals surface area contributed by atoms with Gasteiger partial charge in [-0.25, -0.2) is 8.42 Å². The zero-order valence-electron chi connectivity index (χ0n) is 11.6. The second-order valence-corrected chi connectivity index (χ2v) is 8.81. The van der Waals surface area contributed by atoms with Crippen molar-refractivity contribution in [1.29, 1.82) is 0 Å². The van der Waals surface area contributed by atoms with Crippen LogP contribution in [0.1, 0.15) is 5.69 Å². The molecule has 0 bridgehead atoms. The summed E-state index contributed by atoms with van der Waals surface area (Å²) >= 11 is 4.40. The molecule has 0 aromatic carbocycles. The summed E-state index contributed by atoms with van der Waals surface area (Å²) in [5.74, 6) is 0.421. The fourth-order valence-corrected chi connectivity index (χ4v) is 4.96. The number of rotatable bonds is 4. The first-order valence-electron chi connectivity index (χ1n) is 6.05. The second kappa shape index (κ2) is 5.48. The van der Waals surface area contributed by atoms with E-state index < -0.39 is 10.0 Å². The topological polar surface area (TPSA) is 94.7 Å². The van der Waals surface area contributed by atoms with Crippen molar-refractivity contribution in [2.24, 2.45) is 7.05 Å². The normalized spacial score (nSPS) is 11.8. The third-order valence-electron chi connectivity index (χ3n) is 3.03. The highest BCUT2D eigenvalue weighted by Gasteiger charge is 2.23. The van der Waals surface area contributed by atoms with Crippen LogP contribution in [0.25, 0.3) is 5.82 Å². The first-order chi connectivity index (χ1) is 10.4. The zero-order chi connectivity index (χ0) is 15.9. The molecular weight excluding hydrogens is 392 g/mol. The Morgan fingerprint density at radius 1 is 1.27 bits per heavy atom. The monoisotopic (exact) mass is 402 g/mol. The molecule has 0 unspecified atom stereocenters. The molecule has 0 aliphatic heterocycles. The molecule has 11 heteroatoms. The lowest BCUT2D eigenvalue weighted by atomic mass is 10.4. The Morgan fingerprint density at radius 2 is 1.95 bits per heavy atom. The van der Waals surface area contributed by atoms with Crippen LogP contribution in [0.15, 0.2) is 32.8 Å². The van der Waals surface area contributed by atoms with Crippen LogP contribution in [0, 0.1) is 6.92 Å². The summed E-state index contributed by atoms with van der Waals surface area (Å²) < 4.78 is 31.7. The lowest BCUT2D eigenvalue weighted by Gasteiger charge is -2.07. The highest BCUT2D eigenvalue weighted by atomic mass is 79.9. The van der Waals surface area contributed by atoms with Crippen molar-refractivity contribution in [3.8, 4) is 5.82 Å². The summed E-state index contributed by atoms with van der Waals surface area (Å²) in [4.78, 5) is 0. The molecule has 116 valence electrons. The molecular formula is C11H11BrN6O2S2. The van der Waals surface area contributed by atoms with Gasteiger partial charge in [0.05, 0.1) is 9.48 Å². The molecule has 0 atom stereocenters. The average molecular weight is 403 g/mol. The smallest absolute Gasteiger partial charge is 0.271 e. The van der Waals surface area contributed by atoms with Crippen molar-refractivity contribution in [3.05, 3.63) is 34.3 Å². The predicted octanol–water partition coefficient (Wildman–Crippen LogP) is 1.93. The van der Waals surface area contributed by atoms with Crippen LogP contribution in [-0.2, 0) is 17.1 Å². The van der Waals surface area contributed by atoms with Crippen molar-refractivity contribution in [2.75, 3.05) is 4.72 Å².